The van der Waals surface area contributed by atoms with E-state index in [4.69, 9.17) is 0 Å². The predicted octanol–water partition coefficient (Wildman–Crippen LogP) is 4.67. The Kier molecular flexibility index (Phi) is 7.18. The van der Waals surface area contributed by atoms with E-state index in [9.17, 15) is 9.59 Å². The first-order chi connectivity index (χ1) is 17.5. The molecule has 2 aliphatic carbocycles. The van der Waals surface area contributed by atoms with Gasteiger partial charge in [-0.15, -0.1) is 0 Å². The van der Waals surface area contributed by atoms with Crippen molar-refractivity contribution in [3.8, 4) is 11.1 Å². The summed E-state index contributed by atoms with van der Waals surface area (Å²) in [7, 11) is 0. The molecule has 1 atom stereocenters. The van der Waals surface area contributed by atoms with E-state index in [0.29, 0.717) is 24.1 Å². The number of aromatic amines is 2. The van der Waals surface area contributed by atoms with Crippen LogP contribution >= 0.6 is 11.8 Å². The van der Waals surface area contributed by atoms with Gasteiger partial charge in [0.15, 0.2) is 0 Å². The van der Waals surface area contributed by atoms with E-state index in [2.05, 4.69) is 25.7 Å². The second-order valence-corrected chi connectivity index (χ2v) is 11.0. The Labute approximate surface area is 216 Å². The maximum atomic E-state index is 14.0. The summed E-state index contributed by atoms with van der Waals surface area (Å²) in [4.78, 5) is 29.4. The van der Waals surface area contributed by atoms with E-state index < -0.39 is 6.04 Å². The maximum Gasteiger partial charge on any atom is 0.272 e. The summed E-state index contributed by atoms with van der Waals surface area (Å²) >= 11 is 1.68. The summed E-state index contributed by atoms with van der Waals surface area (Å²) in [5, 5.41) is 17.3. The second kappa shape index (κ2) is 10.5. The van der Waals surface area contributed by atoms with Crippen LogP contribution in [0.5, 0.6) is 0 Å². The molecule has 0 spiro atoms. The standard InChI is InChI=1S/C27H34N6O2S/c1-16-23(17(2)31-30-16)18-8-10-21(11-9-18)29-26(34)25(24(19-4-5-19)20-6-7-20)33(14-15-36-3)27(35)22-12-13-28-32-22/h8-13,19-20,24-25H,4-7,14-15H2,1-3H3,(H,28,32)(H,29,34)(H,30,31)/t25-/m0/s1. The molecule has 2 amide bonds. The number of rotatable bonds is 11. The average molecular weight is 507 g/mol. The number of benzene rings is 1. The van der Waals surface area contributed by atoms with Crippen LogP contribution < -0.4 is 5.32 Å². The number of nitrogens with one attached hydrogen (secondary N) is 3. The van der Waals surface area contributed by atoms with E-state index in [0.717, 1.165) is 59.6 Å². The summed E-state index contributed by atoms with van der Waals surface area (Å²) in [6.45, 7) is 4.51. The Balaban J connectivity index is 1.42. The molecule has 0 bridgehead atoms. The minimum atomic E-state index is -0.508. The first kappa shape index (κ1) is 24.6. The van der Waals surface area contributed by atoms with Crippen molar-refractivity contribution in [1.29, 1.82) is 0 Å². The number of amides is 2. The lowest BCUT2D eigenvalue weighted by atomic mass is 9.87. The second-order valence-electron chi connectivity index (χ2n) is 10.0. The van der Waals surface area contributed by atoms with Gasteiger partial charge in [0.05, 0.1) is 5.69 Å². The van der Waals surface area contributed by atoms with Gasteiger partial charge in [0.1, 0.15) is 11.7 Å². The summed E-state index contributed by atoms with van der Waals surface area (Å²) in [6, 6.07) is 9.06. The summed E-state index contributed by atoms with van der Waals surface area (Å²) < 4.78 is 0. The van der Waals surface area contributed by atoms with Crippen molar-refractivity contribution in [2.45, 2.75) is 45.6 Å². The molecule has 3 N–H and O–H groups in total. The Morgan fingerprint density at radius 1 is 1.08 bits per heavy atom. The van der Waals surface area contributed by atoms with Gasteiger partial charge >= 0.3 is 0 Å². The van der Waals surface area contributed by atoms with Crippen molar-refractivity contribution in [3.63, 3.8) is 0 Å². The molecule has 2 heterocycles. The molecule has 36 heavy (non-hydrogen) atoms. The molecule has 0 unspecified atom stereocenters. The van der Waals surface area contributed by atoms with Crippen LogP contribution in [0, 0.1) is 31.6 Å². The van der Waals surface area contributed by atoms with Crippen LogP contribution in [0.3, 0.4) is 0 Å². The number of aryl methyl sites for hydroxylation is 2. The number of carbonyl (C=O) groups is 2. The first-order valence-corrected chi connectivity index (χ1v) is 14.1. The van der Waals surface area contributed by atoms with Crippen LogP contribution in [-0.4, -0.2) is 61.7 Å². The number of nitrogens with zero attached hydrogens (tertiary/aromatic N) is 3. The lowest BCUT2D eigenvalue weighted by molar-refractivity contribution is -0.123. The Bertz CT molecular complexity index is 1170. The molecule has 0 saturated heterocycles. The van der Waals surface area contributed by atoms with Crippen molar-refractivity contribution in [1.82, 2.24) is 25.3 Å². The highest BCUT2D eigenvalue weighted by Crippen LogP contribution is 2.52. The summed E-state index contributed by atoms with van der Waals surface area (Å²) in [5.74, 6) is 1.71. The average Bonchev–Trinajstić information content (AvgIpc) is 3.81. The molecule has 2 aromatic heterocycles. The summed E-state index contributed by atoms with van der Waals surface area (Å²) in [5.41, 5.74) is 5.26. The monoisotopic (exact) mass is 506 g/mol. The molecule has 0 radical (unpaired) electrons. The third-order valence-corrected chi connectivity index (χ3v) is 7.99. The van der Waals surface area contributed by atoms with E-state index in [1.165, 1.54) is 0 Å². The van der Waals surface area contributed by atoms with E-state index in [1.54, 1.807) is 28.9 Å². The van der Waals surface area contributed by atoms with Gasteiger partial charge < -0.3 is 10.2 Å². The zero-order valence-corrected chi connectivity index (χ0v) is 21.9. The zero-order valence-electron chi connectivity index (χ0n) is 21.1. The van der Waals surface area contributed by atoms with Crippen molar-refractivity contribution < 1.29 is 9.59 Å². The number of aromatic nitrogens is 4. The minimum absolute atomic E-state index is 0.101. The fraction of sp³-hybridized carbons (Fsp3) is 0.481. The highest BCUT2D eigenvalue weighted by Gasteiger charge is 2.50. The Morgan fingerprint density at radius 3 is 2.31 bits per heavy atom. The van der Waals surface area contributed by atoms with Crippen LogP contribution in [0.15, 0.2) is 36.5 Å². The van der Waals surface area contributed by atoms with Gasteiger partial charge in [-0.05, 0) is 87.3 Å². The van der Waals surface area contributed by atoms with Crippen molar-refractivity contribution in [2.24, 2.45) is 17.8 Å². The molecule has 2 aliphatic rings. The Hall–Kier alpha value is -3.07. The molecule has 1 aromatic carbocycles. The van der Waals surface area contributed by atoms with E-state index >= 15 is 0 Å². The predicted molar refractivity (Wildman–Crippen MR) is 143 cm³/mol. The first-order valence-electron chi connectivity index (χ1n) is 12.7. The number of hydrogen-bond donors (Lipinski definition) is 3. The van der Waals surface area contributed by atoms with E-state index in [1.807, 2.05) is 44.4 Å². The molecule has 190 valence electrons. The normalized spacial score (nSPS) is 16.2. The highest BCUT2D eigenvalue weighted by atomic mass is 32.2. The molecular formula is C27H34N6O2S. The van der Waals surface area contributed by atoms with Gasteiger partial charge in [-0.2, -0.15) is 22.0 Å². The van der Waals surface area contributed by atoms with Gasteiger partial charge in [0.25, 0.3) is 5.91 Å². The quantitative estimate of drug-likeness (QED) is 0.351. The molecule has 2 saturated carbocycles. The molecule has 0 aliphatic heterocycles. The molecule has 3 aromatic rings. The van der Waals surface area contributed by atoms with Gasteiger partial charge in [0, 0.05) is 35.4 Å². The highest BCUT2D eigenvalue weighted by molar-refractivity contribution is 7.98. The lowest BCUT2D eigenvalue weighted by Crippen LogP contribution is -2.53. The smallest absolute Gasteiger partial charge is 0.272 e. The number of H-pyrrole nitrogens is 2. The van der Waals surface area contributed by atoms with E-state index in [-0.39, 0.29) is 17.7 Å². The molecule has 5 rings (SSSR count). The minimum Gasteiger partial charge on any atom is -0.324 e. The van der Waals surface area contributed by atoms with Crippen molar-refractivity contribution in [2.75, 3.05) is 23.9 Å². The fourth-order valence-electron chi connectivity index (χ4n) is 5.39. The molecular weight excluding hydrogens is 472 g/mol. The number of hydrogen-bond acceptors (Lipinski definition) is 5. The van der Waals surface area contributed by atoms with Crippen LogP contribution in [0.2, 0.25) is 0 Å². The van der Waals surface area contributed by atoms with Crippen LogP contribution in [-0.2, 0) is 4.79 Å². The fourth-order valence-corrected chi connectivity index (χ4v) is 5.77. The van der Waals surface area contributed by atoms with Gasteiger partial charge in [-0.3, -0.25) is 19.8 Å². The van der Waals surface area contributed by atoms with Crippen LogP contribution in [0.25, 0.3) is 11.1 Å². The largest absolute Gasteiger partial charge is 0.324 e. The number of anilines is 1. The van der Waals surface area contributed by atoms with Crippen LogP contribution in [0.4, 0.5) is 5.69 Å². The van der Waals surface area contributed by atoms with Crippen LogP contribution in [0.1, 0.15) is 47.6 Å². The lowest BCUT2D eigenvalue weighted by Gasteiger charge is -2.36. The SMILES string of the molecule is CSCCN(C(=O)c1ccn[nH]1)[C@H](C(=O)Nc1ccc(-c2c(C)n[nH]c2C)cc1)C(C1CC1)C1CC1. The maximum absolute atomic E-state index is 14.0. The molecule has 9 heteroatoms. The van der Waals surface area contributed by atoms with Gasteiger partial charge in [-0.25, -0.2) is 0 Å². The van der Waals surface area contributed by atoms with Crippen molar-refractivity contribution >= 4 is 29.3 Å². The molecule has 8 nitrogen and oxygen atoms in total. The number of thioether (sulfide) groups is 1. The summed E-state index contributed by atoms with van der Waals surface area (Å²) in [6.07, 6.45) is 8.15. The third kappa shape index (κ3) is 5.21. The third-order valence-electron chi connectivity index (χ3n) is 7.40. The zero-order chi connectivity index (χ0) is 25.2. The topological polar surface area (TPSA) is 107 Å². The van der Waals surface area contributed by atoms with Gasteiger partial charge in [-0.1, -0.05) is 12.1 Å². The van der Waals surface area contributed by atoms with Crippen molar-refractivity contribution in [3.05, 3.63) is 53.6 Å². The van der Waals surface area contributed by atoms with Gasteiger partial charge in [0.2, 0.25) is 5.91 Å². The number of carbonyl (C=O) groups excluding carboxylic acids is 2. The Morgan fingerprint density at radius 2 is 1.78 bits per heavy atom. The molecule has 2 fully saturated rings.